The number of rotatable bonds is 3. The van der Waals surface area contributed by atoms with Crippen molar-refractivity contribution in [2.75, 3.05) is 0 Å². The molecular formula is C15H12O8. The molecule has 0 aliphatic heterocycles. The van der Waals surface area contributed by atoms with Gasteiger partial charge in [-0.05, 0) is 31.2 Å². The van der Waals surface area contributed by atoms with E-state index in [9.17, 15) is 35.1 Å². The Morgan fingerprint density at radius 1 is 0.783 bits per heavy atom. The molecule has 0 aliphatic carbocycles. The summed E-state index contributed by atoms with van der Waals surface area (Å²) in [5, 5.41) is 47.1. The van der Waals surface area contributed by atoms with Crippen LogP contribution in [0.3, 0.4) is 0 Å². The predicted octanol–water partition coefficient (Wildman–Crippen LogP) is 1.64. The minimum Gasteiger partial charge on any atom is -0.504 e. The molecule has 0 atom stereocenters. The lowest BCUT2D eigenvalue weighted by molar-refractivity contribution is 0.0727. The maximum Gasteiger partial charge on any atom is 0.343 e. The summed E-state index contributed by atoms with van der Waals surface area (Å²) in [6.07, 6.45) is 0. The molecule has 0 bridgehead atoms. The van der Waals surface area contributed by atoms with E-state index in [1.54, 1.807) is 0 Å². The average Bonchev–Trinajstić information content (AvgIpc) is 2.48. The summed E-state index contributed by atoms with van der Waals surface area (Å²) in [7, 11) is 0. The zero-order valence-electron chi connectivity index (χ0n) is 11.8. The van der Waals surface area contributed by atoms with E-state index in [-0.39, 0.29) is 11.1 Å². The predicted molar refractivity (Wildman–Crippen MR) is 76.2 cm³/mol. The minimum atomic E-state index is -1.11. The highest BCUT2D eigenvalue weighted by Crippen LogP contribution is 2.38. The molecule has 0 fully saturated rings. The SMILES string of the molecule is CC(=O)c1cc(O)c(O)c(OC(=O)c2cc(O)c(O)c(O)c2)c1. The summed E-state index contributed by atoms with van der Waals surface area (Å²) >= 11 is 0. The molecule has 0 aromatic heterocycles. The van der Waals surface area contributed by atoms with Gasteiger partial charge in [-0.1, -0.05) is 0 Å². The first-order chi connectivity index (χ1) is 10.7. The number of hydrogen-bond donors (Lipinski definition) is 5. The number of Topliss-reactive ketones (excluding diaryl/α,β-unsaturated/α-hetero) is 1. The van der Waals surface area contributed by atoms with Gasteiger partial charge in [0.05, 0.1) is 5.56 Å². The Morgan fingerprint density at radius 2 is 1.26 bits per heavy atom. The van der Waals surface area contributed by atoms with Crippen molar-refractivity contribution in [2.45, 2.75) is 6.92 Å². The van der Waals surface area contributed by atoms with Gasteiger partial charge in [0.2, 0.25) is 5.75 Å². The van der Waals surface area contributed by atoms with Crippen molar-refractivity contribution in [3.8, 4) is 34.5 Å². The zero-order chi connectivity index (χ0) is 17.3. The lowest BCUT2D eigenvalue weighted by Gasteiger charge is -2.10. The Morgan fingerprint density at radius 3 is 1.78 bits per heavy atom. The highest BCUT2D eigenvalue weighted by Gasteiger charge is 2.19. The molecule has 0 unspecified atom stereocenters. The van der Waals surface area contributed by atoms with Crippen LogP contribution in [0, 0.1) is 0 Å². The molecule has 0 heterocycles. The number of hydrogen-bond acceptors (Lipinski definition) is 8. The second-order valence-electron chi connectivity index (χ2n) is 4.65. The molecule has 0 amide bonds. The molecule has 5 N–H and O–H groups in total. The second-order valence-corrected chi connectivity index (χ2v) is 4.65. The maximum absolute atomic E-state index is 12.0. The van der Waals surface area contributed by atoms with Crippen molar-refractivity contribution in [2.24, 2.45) is 0 Å². The molecule has 8 nitrogen and oxygen atoms in total. The number of esters is 1. The van der Waals surface area contributed by atoms with Crippen molar-refractivity contribution < 1.29 is 39.9 Å². The molecule has 0 saturated heterocycles. The van der Waals surface area contributed by atoms with Crippen molar-refractivity contribution in [3.05, 3.63) is 35.4 Å². The highest BCUT2D eigenvalue weighted by atomic mass is 16.5. The van der Waals surface area contributed by atoms with Gasteiger partial charge in [-0.3, -0.25) is 4.79 Å². The standard InChI is InChI=1S/C15H12O8/c1-6(16)7-2-11(19)14(21)12(5-7)23-15(22)8-3-9(17)13(20)10(18)4-8/h2-5,17-21H,1H3. The summed E-state index contributed by atoms with van der Waals surface area (Å²) in [5.41, 5.74) is -0.329. The number of carbonyl (C=O) groups excluding carboxylic acids is 2. The Labute approximate surface area is 129 Å². The van der Waals surface area contributed by atoms with E-state index in [1.165, 1.54) is 6.92 Å². The van der Waals surface area contributed by atoms with Crippen LogP contribution in [-0.2, 0) is 0 Å². The molecule has 0 saturated carbocycles. The molecular weight excluding hydrogens is 308 g/mol. The quantitative estimate of drug-likeness (QED) is 0.248. The van der Waals surface area contributed by atoms with E-state index < -0.39 is 46.2 Å². The summed E-state index contributed by atoms with van der Waals surface area (Å²) < 4.78 is 4.85. The lowest BCUT2D eigenvalue weighted by Crippen LogP contribution is -2.09. The maximum atomic E-state index is 12.0. The summed E-state index contributed by atoms with van der Waals surface area (Å²) in [6, 6.07) is 3.73. The first kappa shape index (κ1) is 16.0. The van der Waals surface area contributed by atoms with Crippen LogP contribution in [0.15, 0.2) is 24.3 Å². The van der Waals surface area contributed by atoms with E-state index >= 15 is 0 Å². The fourth-order valence-corrected chi connectivity index (χ4v) is 1.76. The first-order valence-corrected chi connectivity index (χ1v) is 6.24. The van der Waals surface area contributed by atoms with E-state index in [0.29, 0.717) is 0 Å². The number of carbonyl (C=O) groups is 2. The monoisotopic (exact) mass is 320 g/mol. The van der Waals surface area contributed by atoms with Crippen molar-refractivity contribution in [1.82, 2.24) is 0 Å². The van der Waals surface area contributed by atoms with E-state index in [0.717, 1.165) is 24.3 Å². The fourth-order valence-electron chi connectivity index (χ4n) is 1.76. The van der Waals surface area contributed by atoms with Gasteiger partial charge in [0.15, 0.2) is 34.5 Å². The van der Waals surface area contributed by atoms with Crippen molar-refractivity contribution >= 4 is 11.8 Å². The van der Waals surface area contributed by atoms with Gasteiger partial charge in [-0.2, -0.15) is 0 Å². The molecule has 0 radical (unpaired) electrons. The Balaban J connectivity index is 2.39. The van der Waals surface area contributed by atoms with Crippen LogP contribution in [0.25, 0.3) is 0 Å². The topological polar surface area (TPSA) is 145 Å². The van der Waals surface area contributed by atoms with Gasteiger partial charge in [-0.25, -0.2) is 4.79 Å². The van der Waals surface area contributed by atoms with E-state index in [4.69, 9.17) is 4.74 Å². The first-order valence-electron chi connectivity index (χ1n) is 6.24. The van der Waals surface area contributed by atoms with Crippen molar-refractivity contribution in [1.29, 1.82) is 0 Å². The fraction of sp³-hybridized carbons (Fsp3) is 0.0667. The third-order valence-electron chi connectivity index (χ3n) is 2.97. The number of ether oxygens (including phenoxy) is 1. The molecule has 120 valence electrons. The second kappa shape index (κ2) is 5.76. The van der Waals surface area contributed by atoms with Crippen LogP contribution in [-0.4, -0.2) is 37.3 Å². The number of ketones is 1. The Hall–Kier alpha value is -3.42. The van der Waals surface area contributed by atoms with Crippen LogP contribution in [0.2, 0.25) is 0 Å². The van der Waals surface area contributed by atoms with Gasteiger partial charge in [0.1, 0.15) is 0 Å². The Bertz CT molecular complexity index is 786. The van der Waals surface area contributed by atoms with Gasteiger partial charge in [0, 0.05) is 5.56 Å². The number of phenolic OH excluding ortho intramolecular Hbond substituents is 5. The highest BCUT2D eigenvalue weighted by molar-refractivity contribution is 5.96. The molecule has 0 aliphatic rings. The normalized spacial score (nSPS) is 10.3. The van der Waals surface area contributed by atoms with Gasteiger partial charge >= 0.3 is 5.97 Å². The van der Waals surface area contributed by atoms with E-state index in [1.807, 2.05) is 0 Å². The number of benzene rings is 2. The molecule has 2 rings (SSSR count). The van der Waals surface area contributed by atoms with Gasteiger partial charge in [-0.15, -0.1) is 0 Å². The summed E-state index contributed by atoms with van der Waals surface area (Å²) in [5.74, 6) is -5.73. The molecule has 2 aromatic rings. The molecule has 2 aromatic carbocycles. The smallest absolute Gasteiger partial charge is 0.343 e. The van der Waals surface area contributed by atoms with Crippen LogP contribution in [0.1, 0.15) is 27.6 Å². The van der Waals surface area contributed by atoms with Crippen LogP contribution in [0.5, 0.6) is 34.5 Å². The summed E-state index contributed by atoms with van der Waals surface area (Å²) in [6.45, 7) is 1.22. The number of aromatic hydroxyl groups is 5. The zero-order valence-corrected chi connectivity index (χ0v) is 11.8. The molecule has 8 heteroatoms. The third kappa shape index (κ3) is 3.10. The van der Waals surface area contributed by atoms with Gasteiger partial charge < -0.3 is 30.3 Å². The van der Waals surface area contributed by atoms with Crippen LogP contribution in [0.4, 0.5) is 0 Å². The number of phenols is 5. The average molecular weight is 320 g/mol. The van der Waals surface area contributed by atoms with Gasteiger partial charge in [0.25, 0.3) is 0 Å². The third-order valence-corrected chi connectivity index (χ3v) is 2.97. The van der Waals surface area contributed by atoms with E-state index in [2.05, 4.69) is 0 Å². The molecule has 0 spiro atoms. The van der Waals surface area contributed by atoms with Crippen LogP contribution < -0.4 is 4.74 Å². The summed E-state index contributed by atoms with van der Waals surface area (Å²) in [4.78, 5) is 23.3. The Kier molecular flexibility index (Phi) is 4.00. The minimum absolute atomic E-state index is 0.000462. The molecule has 23 heavy (non-hydrogen) atoms. The van der Waals surface area contributed by atoms with Crippen molar-refractivity contribution in [3.63, 3.8) is 0 Å². The van der Waals surface area contributed by atoms with Crippen LogP contribution >= 0.6 is 0 Å². The lowest BCUT2D eigenvalue weighted by atomic mass is 10.1. The largest absolute Gasteiger partial charge is 0.504 e.